The van der Waals surface area contributed by atoms with Gasteiger partial charge in [0.2, 0.25) is 0 Å². The van der Waals surface area contributed by atoms with Crippen molar-refractivity contribution in [1.29, 1.82) is 0 Å². The number of hydrogen-bond acceptors (Lipinski definition) is 6. The summed E-state index contributed by atoms with van der Waals surface area (Å²) in [7, 11) is 2.54. The third-order valence-corrected chi connectivity index (χ3v) is 6.59. The predicted molar refractivity (Wildman–Crippen MR) is 85.9 cm³/mol. The van der Waals surface area contributed by atoms with E-state index in [0.717, 1.165) is 32.1 Å². The van der Waals surface area contributed by atoms with Crippen LogP contribution in [0.15, 0.2) is 22.5 Å². The molecule has 5 nitrogen and oxygen atoms in total. The molecular formula is C13H24N2O3SSi. The number of nitrogens with one attached hydrogen (secondary N) is 1. The molecule has 1 N–H and O–H groups in total. The Kier molecular flexibility index (Phi) is 8.91. The molecule has 0 atom stereocenters. The second-order valence-corrected chi connectivity index (χ2v) is 8.27. The van der Waals surface area contributed by atoms with E-state index in [9.17, 15) is 0 Å². The maximum Gasteiger partial charge on any atom is 0.500 e. The lowest BCUT2D eigenvalue weighted by Gasteiger charge is -2.24. The first-order chi connectivity index (χ1) is 9.76. The number of hydrogen-bond donors (Lipinski definition) is 1. The largest absolute Gasteiger partial charge is 0.500 e. The Morgan fingerprint density at radius 3 is 2.60 bits per heavy atom. The molecule has 0 spiro atoms. The summed E-state index contributed by atoms with van der Waals surface area (Å²) >= 11 is 1.70. The van der Waals surface area contributed by atoms with Crippen LogP contribution in [0.3, 0.4) is 0 Å². The van der Waals surface area contributed by atoms with E-state index in [-0.39, 0.29) is 0 Å². The lowest BCUT2D eigenvalue weighted by molar-refractivity contribution is 0.123. The Balaban J connectivity index is 2.04. The van der Waals surface area contributed by atoms with Gasteiger partial charge in [-0.2, -0.15) is 0 Å². The Morgan fingerprint density at radius 2 is 2.00 bits per heavy atom. The minimum Gasteiger partial charge on any atom is -0.377 e. The fraction of sp³-hybridized carbons (Fsp3) is 0.615. The van der Waals surface area contributed by atoms with Gasteiger partial charge in [-0.3, -0.25) is 4.99 Å². The zero-order valence-electron chi connectivity index (χ0n) is 12.4. The number of rotatable bonds is 11. The van der Waals surface area contributed by atoms with Crippen molar-refractivity contribution < 1.29 is 13.3 Å². The molecule has 0 amide bonds. The molecule has 1 rings (SSSR count). The molecule has 1 heterocycles. The van der Waals surface area contributed by atoms with Gasteiger partial charge in [-0.05, 0) is 24.4 Å². The molecule has 0 saturated heterocycles. The van der Waals surface area contributed by atoms with Gasteiger partial charge in [0, 0.05) is 45.0 Å². The van der Waals surface area contributed by atoms with Gasteiger partial charge in [0.1, 0.15) is 0 Å². The molecule has 0 aliphatic carbocycles. The monoisotopic (exact) mass is 316 g/mol. The second kappa shape index (κ2) is 10.2. The van der Waals surface area contributed by atoms with Gasteiger partial charge >= 0.3 is 8.80 Å². The topological polar surface area (TPSA) is 52.1 Å². The van der Waals surface area contributed by atoms with Crippen molar-refractivity contribution in [2.45, 2.75) is 12.5 Å². The summed E-state index contributed by atoms with van der Waals surface area (Å²) in [6.07, 6.45) is 2.89. The fourth-order valence-electron chi connectivity index (χ4n) is 1.77. The minimum atomic E-state index is -2.40. The van der Waals surface area contributed by atoms with E-state index in [0.29, 0.717) is 0 Å². The summed E-state index contributed by atoms with van der Waals surface area (Å²) in [6, 6.07) is 4.91. The Labute approximate surface area is 126 Å². The van der Waals surface area contributed by atoms with Crippen LogP contribution in [0.2, 0.25) is 6.04 Å². The molecule has 0 aromatic carbocycles. The van der Waals surface area contributed by atoms with Crippen molar-refractivity contribution in [1.82, 2.24) is 5.32 Å². The van der Waals surface area contributed by atoms with E-state index in [1.165, 1.54) is 4.88 Å². The van der Waals surface area contributed by atoms with Crippen LogP contribution in [0.25, 0.3) is 0 Å². The molecule has 0 saturated carbocycles. The van der Waals surface area contributed by atoms with E-state index in [1.54, 1.807) is 32.7 Å². The molecule has 0 aliphatic heterocycles. The van der Waals surface area contributed by atoms with Crippen LogP contribution in [-0.2, 0) is 13.3 Å². The number of nitrogens with zero attached hydrogens (tertiary/aromatic N) is 1. The molecule has 0 bridgehead atoms. The van der Waals surface area contributed by atoms with E-state index in [1.807, 2.05) is 12.3 Å². The van der Waals surface area contributed by atoms with Crippen molar-refractivity contribution in [2.24, 2.45) is 4.99 Å². The highest BCUT2D eigenvalue weighted by Gasteiger charge is 2.36. The van der Waals surface area contributed by atoms with Crippen LogP contribution in [0.5, 0.6) is 0 Å². The summed E-state index contributed by atoms with van der Waals surface area (Å²) < 4.78 is 16.1. The minimum absolute atomic E-state index is 0.791. The van der Waals surface area contributed by atoms with Crippen molar-refractivity contribution in [2.75, 3.05) is 41.0 Å². The van der Waals surface area contributed by atoms with Crippen molar-refractivity contribution >= 4 is 26.4 Å². The average molecular weight is 316 g/mol. The van der Waals surface area contributed by atoms with Gasteiger partial charge < -0.3 is 18.6 Å². The first kappa shape index (κ1) is 17.5. The Morgan fingerprint density at radius 1 is 1.25 bits per heavy atom. The number of thiophene rings is 1. The molecule has 0 aliphatic rings. The standard InChI is InChI=1S/C13H24N2O3SSi/c1-16-20(17-2,18-3)11-5-7-14-8-9-15-12-13-6-4-10-19-13/h4,6,10,12,14H,5,7-9,11H2,1-3H3. The van der Waals surface area contributed by atoms with Crippen LogP contribution < -0.4 is 5.32 Å². The van der Waals surface area contributed by atoms with Crippen molar-refractivity contribution in [3.63, 3.8) is 0 Å². The Bertz CT molecular complexity index is 361. The maximum absolute atomic E-state index is 5.37. The van der Waals surface area contributed by atoms with Gasteiger partial charge in [0.15, 0.2) is 0 Å². The smallest absolute Gasteiger partial charge is 0.377 e. The van der Waals surface area contributed by atoms with E-state index in [2.05, 4.69) is 21.8 Å². The summed E-state index contributed by atoms with van der Waals surface area (Å²) in [6.45, 7) is 2.59. The van der Waals surface area contributed by atoms with Crippen molar-refractivity contribution in [3.05, 3.63) is 22.4 Å². The SMILES string of the molecule is CO[Si](CCCNCCN=Cc1cccs1)(OC)OC. The molecular weight excluding hydrogens is 292 g/mol. The molecule has 114 valence electrons. The highest BCUT2D eigenvalue weighted by atomic mass is 32.1. The van der Waals surface area contributed by atoms with Crippen LogP contribution in [0.4, 0.5) is 0 Å². The van der Waals surface area contributed by atoms with Crippen LogP contribution >= 0.6 is 11.3 Å². The summed E-state index contributed by atoms with van der Waals surface area (Å²) in [4.78, 5) is 5.56. The van der Waals surface area contributed by atoms with Gasteiger partial charge in [-0.15, -0.1) is 11.3 Å². The summed E-state index contributed by atoms with van der Waals surface area (Å²) in [5, 5.41) is 5.41. The van der Waals surface area contributed by atoms with E-state index < -0.39 is 8.80 Å². The van der Waals surface area contributed by atoms with Gasteiger partial charge in [-0.25, -0.2) is 0 Å². The lowest BCUT2D eigenvalue weighted by atomic mass is 10.4. The highest BCUT2D eigenvalue weighted by Crippen LogP contribution is 2.14. The third-order valence-electron chi connectivity index (χ3n) is 2.95. The molecule has 0 fully saturated rings. The van der Waals surface area contributed by atoms with Crippen LogP contribution in [0.1, 0.15) is 11.3 Å². The fourth-order valence-corrected chi connectivity index (χ4v) is 4.10. The van der Waals surface area contributed by atoms with Gasteiger partial charge in [0.05, 0.1) is 6.54 Å². The average Bonchev–Trinajstić information content (AvgIpc) is 3.00. The van der Waals surface area contributed by atoms with E-state index >= 15 is 0 Å². The number of aliphatic imine (C=N–C) groups is 1. The van der Waals surface area contributed by atoms with Crippen LogP contribution in [0, 0.1) is 0 Å². The van der Waals surface area contributed by atoms with E-state index in [4.69, 9.17) is 13.3 Å². The third kappa shape index (κ3) is 6.25. The van der Waals surface area contributed by atoms with Gasteiger partial charge in [-0.1, -0.05) is 6.07 Å². The van der Waals surface area contributed by atoms with Crippen molar-refractivity contribution in [3.8, 4) is 0 Å². The lowest BCUT2D eigenvalue weighted by Crippen LogP contribution is -2.43. The van der Waals surface area contributed by atoms with Crippen LogP contribution in [-0.4, -0.2) is 56.0 Å². The normalized spacial score (nSPS) is 12.3. The van der Waals surface area contributed by atoms with Gasteiger partial charge in [0.25, 0.3) is 0 Å². The highest BCUT2D eigenvalue weighted by molar-refractivity contribution is 7.11. The zero-order valence-corrected chi connectivity index (χ0v) is 14.2. The second-order valence-electron chi connectivity index (χ2n) is 4.20. The zero-order chi connectivity index (χ0) is 14.7. The summed E-state index contributed by atoms with van der Waals surface area (Å²) in [5.74, 6) is 0. The molecule has 20 heavy (non-hydrogen) atoms. The molecule has 0 unspecified atom stereocenters. The summed E-state index contributed by atoms with van der Waals surface area (Å²) in [5.41, 5.74) is 0. The Hall–Kier alpha value is -0.573. The predicted octanol–water partition coefficient (Wildman–Crippen LogP) is 2.02. The molecule has 7 heteroatoms. The first-order valence-corrected chi connectivity index (χ1v) is 9.47. The molecule has 1 aromatic heterocycles. The molecule has 0 radical (unpaired) electrons. The molecule has 1 aromatic rings. The maximum atomic E-state index is 5.37. The quantitative estimate of drug-likeness (QED) is 0.385. The first-order valence-electron chi connectivity index (χ1n) is 6.66.